The number of hydrogen-bond acceptors (Lipinski definition) is 6. The zero-order chi connectivity index (χ0) is 14.9. The van der Waals surface area contributed by atoms with E-state index >= 15 is 0 Å². The van der Waals surface area contributed by atoms with Gasteiger partial charge in [-0.1, -0.05) is 10.4 Å². The first-order chi connectivity index (χ1) is 9.28. The van der Waals surface area contributed by atoms with E-state index in [-0.39, 0.29) is 11.5 Å². The van der Waals surface area contributed by atoms with Crippen molar-refractivity contribution in [2.24, 2.45) is 7.05 Å². The molecule has 0 fully saturated rings. The first-order valence-corrected chi connectivity index (χ1v) is 7.40. The van der Waals surface area contributed by atoms with Gasteiger partial charge < -0.3 is 4.52 Å². The summed E-state index contributed by atoms with van der Waals surface area (Å²) < 4.78 is 55.2. The summed E-state index contributed by atoms with van der Waals surface area (Å²) in [4.78, 5) is 0. The van der Waals surface area contributed by atoms with Gasteiger partial charge in [-0.25, -0.2) is 21.9 Å². The Morgan fingerprint density at radius 2 is 2.10 bits per heavy atom. The van der Waals surface area contributed by atoms with E-state index < -0.39 is 33.5 Å². The van der Waals surface area contributed by atoms with E-state index in [9.17, 15) is 17.2 Å². The normalized spacial score (nSPS) is 12.2. The van der Waals surface area contributed by atoms with Crippen LogP contribution in [0, 0.1) is 6.92 Å². The lowest BCUT2D eigenvalue weighted by Crippen LogP contribution is -2.10. The third kappa shape index (κ3) is 3.18. The summed E-state index contributed by atoms with van der Waals surface area (Å²) >= 11 is 0. The maximum Gasteiger partial charge on any atom is 0.281 e. The zero-order valence-electron chi connectivity index (χ0n) is 10.7. The molecule has 0 aliphatic rings. The molecule has 0 amide bonds. The average molecular weight is 306 g/mol. The van der Waals surface area contributed by atoms with Crippen LogP contribution < -0.4 is 0 Å². The summed E-state index contributed by atoms with van der Waals surface area (Å²) in [7, 11) is -2.42. The molecule has 10 heteroatoms. The number of sulfone groups is 1. The van der Waals surface area contributed by atoms with Gasteiger partial charge in [0.25, 0.3) is 6.43 Å². The molecule has 0 atom stereocenters. The van der Waals surface area contributed by atoms with Crippen LogP contribution in [0.1, 0.15) is 29.3 Å². The number of aromatic nitrogens is 4. The molecule has 0 saturated carbocycles. The van der Waals surface area contributed by atoms with E-state index in [1.54, 1.807) is 6.92 Å². The Balaban J connectivity index is 2.20. The minimum atomic E-state index is -3.70. The standard InChI is InChI=1S/C10H12F2N4O3S/c1-6-3-7(19-14-6)4-20(17,18)5-8-9(10(11)12)16(2)15-13-8/h3,10H,4-5H2,1-2H3. The molecule has 0 spiro atoms. The second kappa shape index (κ2) is 5.27. The predicted molar refractivity (Wildman–Crippen MR) is 63.5 cm³/mol. The second-order valence-corrected chi connectivity index (χ2v) is 6.38. The average Bonchev–Trinajstić information content (AvgIpc) is 2.84. The second-order valence-electron chi connectivity index (χ2n) is 4.31. The molecule has 0 aliphatic carbocycles. The van der Waals surface area contributed by atoms with Gasteiger partial charge in [-0.15, -0.1) is 5.10 Å². The van der Waals surface area contributed by atoms with Gasteiger partial charge in [0.1, 0.15) is 17.1 Å². The van der Waals surface area contributed by atoms with Crippen molar-refractivity contribution in [3.63, 3.8) is 0 Å². The fourth-order valence-electron chi connectivity index (χ4n) is 1.74. The smallest absolute Gasteiger partial charge is 0.281 e. The van der Waals surface area contributed by atoms with Crippen LogP contribution in [0.15, 0.2) is 10.6 Å². The molecule has 0 bridgehead atoms. The number of nitrogens with zero attached hydrogens (tertiary/aromatic N) is 4. The van der Waals surface area contributed by atoms with E-state index in [2.05, 4.69) is 15.5 Å². The fraction of sp³-hybridized carbons (Fsp3) is 0.500. The van der Waals surface area contributed by atoms with Crippen LogP contribution in [0.2, 0.25) is 0 Å². The molecule has 0 aliphatic heterocycles. The van der Waals surface area contributed by atoms with Gasteiger partial charge in [0, 0.05) is 13.1 Å². The molecule has 7 nitrogen and oxygen atoms in total. The van der Waals surface area contributed by atoms with E-state index in [1.807, 2.05) is 0 Å². The van der Waals surface area contributed by atoms with Gasteiger partial charge in [-0.05, 0) is 6.92 Å². The van der Waals surface area contributed by atoms with E-state index in [1.165, 1.54) is 13.1 Å². The summed E-state index contributed by atoms with van der Waals surface area (Å²) in [5.41, 5.74) is -0.205. The first kappa shape index (κ1) is 14.6. The molecule has 0 saturated heterocycles. The van der Waals surface area contributed by atoms with Crippen molar-refractivity contribution < 1.29 is 21.7 Å². The summed E-state index contributed by atoms with van der Waals surface area (Å²) in [5, 5.41) is 10.5. The van der Waals surface area contributed by atoms with Gasteiger partial charge in [-0.2, -0.15) is 0 Å². The third-order valence-electron chi connectivity index (χ3n) is 2.55. The Morgan fingerprint density at radius 3 is 2.65 bits per heavy atom. The summed E-state index contributed by atoms with van der Waals surface area (Å²) in [6, 6.07) is 1.47. The zero-order valence-corrected chi connectivity index (χ0v) is 11.6. The number of aryl methyl sites for hydroxylation is 2. The lowest BCUT2D eigenvalue weighted by Gasteiger charge is -2.03. The van der Waals surface area contributed by atoms with Gasteiger partial charge in [0.15, 0.2) is 15.6 Å². The fourth-order valence-corrected chi connectivity index (χ4v) is 3.03. The van der Waals surface area contributed by atoms with Gasteiger partial charge >= 0.3 is 0 Å². The summed E-state index contributed by atoms with van der Waals surface area (Å²) in [6.45, 7) is 1.65. The Kier molecular flexibility index (Phi) is 3.84. The number of alkyl halides is 2. The molecule has 20 heavy (non-hydrogen) atoms. The molecule has 0 aromatic carbocycles. The van der Waals surface area contributed by atoms with Crippen LogP contribution >= 0.6 is 0 Å². The topological polar surface area (TPSA) is 90.9 Å². The Morgan fingerprint density at radius 1 is 1.40 bits per heavy atom. The van der Waals surface area contributed by atoms with Gasteiger partial charge in [0.05, 0.1) is 11.4 Å². The predicted octanol–water partition coefficient (Wildman–Crippen LogP) is 1.16. The van der Waals surface area contributed by atoms with Crippen molar-refractivity contribution in [3.05, 3.63) is 28.9 Å². The summed E-state index contributed by atoms with van der Waals surface area (Å²) in [5.74, 6) is -0.891. The molecular formula is C10H12F2N4O3S. The van der Waals surface area contributed by atoms with Crippen molar-refractivity contribution in [1.82, 2.24) is 20.2 Å². The first-order valence-electron chi connectivity index (χ1n) is 5.57. The molecule has 2 rings (SSSR count). The molecule has 2 aromatic rings. The highest BCUT2D eigenvalue weighted by atomic mass is 32.2. The highest BCUT2D eigenvalue weighted by Crippen LogP contribution is 2.23. The minimum Gasteiger partial charge on any atom is -0.360 e. The summed E-state index contributed by atoms with van der Waals surface area (Å²) in [6.07, 6.45) is -2.84. The number of hydrogen-bond donors (Lipinski definition) is 0. The van der Waals surface area contributed by atoms with E-state index in [4.69, 9.17) is 4.52 Å². The molecule has 110 valence electrons. The van der Waals surface area contributed by atoms with Crippen LogP contribution in [0.5, 0.6) is 0 Å². The Hall–Kier alpha value is -1.84. The molecule has 0 unspecified atom stereocenters. The van der Waals surface area contributed by atoms with E-state index in [0.29, 0.717) is 5.69 Å². The Bertz CT molecular complexity index is 708. The SMILES string of the molecule is Cc1cc(CS(=O)(=O)Cc2nnn(C)c2C(F)F)on1. The molecular weight excluding hydrogens is 294 g/mol. The maximum atomic E-state index is 12.8. The molecule has 0 N–H and O–H groups in total. The van der Waals surface area contributed by atoms with Crippen molar-refractivity contribution in [2.75, 3.05) is 0 Å². The van der Waals surface area contributed by atoms with Crippen LogP contribution in [-0.4, -0.2) is 28.6 Å². The lowest BCUT2D eigenvalue weighted by atomic mass is 10.3. The van der Waals surface area contributed by atoms with Crippen LogP contribution in [0.25, 0.3) is 0 Å². The largest absolute Gasteiger partial charge is 0.360 e. The number of halogens is 2. The maximum absolute atomic E-state index is 12.8. The van der Waals surface area contributed by atoms with E-state index in [0.717, 1.165) is 4.68 Å². The van der Waals surface area contributed by atoms with Crippen LogP contribution in [0.3, 0.4) is 0 Å². The molecule has 2 aromatic heterocycles. The van der Waals surface area contributed by atoms with Gasteiger partial charge in [0.2, 0.25) is 0 Å². The molecule has 0 radical (unpaired) electrons. The van der Waals surface area contributed by atoms with Crippen LogP contribution in [0.4, 0.5) is 8.78 Å². The van der Waals surface area contributed by atoms with Crippen molar-refractivity contribution in [2.45, 2.75) is 24.9 Å². The van der Waals surface area contributed by atoms with Crippen LogP contribution in [-0.2, 0) is 28.4 Å². The third-order valence-corrected chi connectivity index (χ3v) is 3.98. The lowest BCUT2D eigenvalue weighted by molar-refractivity contribution is 0.140. The highest BCUT2D eigenvalue weighted by molar-refractivity contribution is 7.89. The quantitative estimate of drug-likeness (QED) is 0.823. The van der Waals surface area contributed by atoms with Crippen molar-refractivity contribution >= 4 is 9.84 Å². The van der Waals surface area contributed by atoms with Crippen molar-refractivity contribution in [1.29, 1.82) is 0 Å². The monoisotopic (exact) mass is 306 g/mol. The minimum absolute atomic E-state index is 0.157. The van der Waals surface area contributed by atoms with Gasteiger partial charge in [-0.3, -0.25) is 0 Å². The Labute approximate surface area is 113 Å². The number of rotatable bonds is 5. The van der Waals surface area contributed by atoms with Crippen molar-refractivity contribution in [3.8, 4) is 0 Å². The highest BCUT2D eigenvalue weighted by Gasteiger charge is 2.25. The molecule has 2 heterocycles.